The summed E-state index contributed by atoms with van der Waals surface area (Å²) < 4.78 is 5.56. The molecule has 1 atom stereocenters. The number of rotatable bonds is 8. The van der Waals surface area contributed by atoms with Crippen LogP contribution in [0.4, 0.5) is 0 Å². The van der Waals surface area contributed by atoms with E-state index < -0.39 is 5.97 Å². The highest BCUT2D eigenvalue weighted by molar-refractivity contribution is 5.66. The Labute approximate surface area is 124 Å². The first-order chi connectivity index (χ1) is 10.1. The fourth-order valence-corrected chi connectivity index (χ4v) is 2.23. The molecule has 0 bridgehead atoms. The standard InChI is InChI=1S/C16H20N2O3/c1-12(11-16(19)20)10-15-18-17-14(21-15)9-5-8-13-6-3-2-4-7-13/h2-4,6-7,12H,5,8-11H2,1H3,(H,19,20). The maximum atomic E-state index is 10.6. The highest BCUT2D eigenvalue weighted by atomic mass is 16.4. The van der Waals surface area contributed by atoms with Gasteiger partial charge in [-0.25, -0.2) is 0 Å². The fraction of sp³-hybridized carbons (Fsp3) is 0.438. The lowest BCUT2D eigenvalue weighted by Gasteiger charge is -2.03. The fourth-order valence-electron chi connectivity index (χ4n) is 2.23. The van der Waals surface area contributed by atoms with Crippen molar-refractivity contribution in [3.05, 3.63) is 47.7 Å². The summed E-state index contributed by atoms with van der Waals surface area (Å²) in [5.41, 5.74) is 1.30. The molecular weight excluding hydrogens is 268 g/mol. The summed E-state index contributed by atoms with van der Waals surface area (Å²) in [5.74, 6) is 0.354. The molecule has 0 aliphatic heterocycles. The van der Waals surface area contributed by atoms with Crippen LogP contribution in [0.3, 0.4) is 0 Å². The van der Waals surface area contributed by atoms with E-state index in [0.717, 1.165) is 19.3 Å². The van der Waals surface area contributed by atoms with Gasteiger partial charge in [0.15, 0.2) is 0 Å². The van der Waals surface area contributed by atoms with Crippen LogP contribution < -0.4 is 0 Å². The largest absolute Gasteiger partial charge is 0.481 e. The predicted molar refractivity (Wildman–Crippen MR) is 77.9 cm³/mol. The van der Waals surface area contributed by atoms with Gasteiger partial charge in [0.05, 0.1) is 0 Å². The summed E-state index contributed by atoms with van der Waals surface area (Å²) in [6.45, 7) is 1.87. The Hall–Kier alpha value is -2.17. The van der Waals surface area contributed by atoms with Gasteiger partial charge in [0.1, 0.15) is 0 Å². The monoisotopic (exact) mass is 288 g/mol. The number of aryl methyl sites for hydroxylation is 2. The van der Waals surface area contributed by atoms with Gasteiger partial charge in [0, 0.05) is 19.3 Å². The Kier molecular flexibility index (Phi) is 5.49. The van der Waals surface area contributed by atoms with Gasteiger partial charge < -0.3 is 9.52 Å². The van der Waals surface area contributed by atoms with E-state index in [0.29, 0.717) is 18.2 Å². The summed E-state index contributed by atoms with van der Waals surface area (Å²) in [6, 6.07) is 10.3. The third-order valence-electron chi connectivity index (χ3n) is 3.25. The first kappa shape index (κ1) is 15.2. The molecular formula is C16H20N2O3. The van der Waals surface area contributed by atoms with Crippen molar-refractivity contribution < 1.29 is 14.3 Å². The zero-order chi connectivity index (χ0) is 15.1. The maximum Gasteiger partial charge on any atom is 0.303 e. The molecule has 5 nitrogen and oxygen atoms in total. The number of aliphatic carboxylic acids is 1. The molecule has 0 saturated carbocycles. The quantitative estimate of drug-likeness (QED) is 0.808. The van der Waals surface area contributed by atoms with Crippen molar-refractivity contribution in [1.82, 2.24) is 10.2 Å². The number of carboxylic acid groups (broad SMARTS) is 1. The molecule has 0 radical (unpaired) electrons. The van der Waals surface area contributed by atoms with Crippen LogP contribution in [0.1, 0.15) is 37.1 Å². The number of hydrogen-bond acceptors (Lipinski definition) is 4. The Balaban J connectivity index is 1.76. The molecule has 0 saturated heterocycles. The van der Waals surface area contributed by atoms with Crippen LogP contribution in [0.25, 0.3) is 0 Å². The van der Waals surface area contributed by atoms with Gasteiger partial charge >= 0.3 is 5.97 Å². The summed E-state index contributed by atoms with van der Waals surface area (Å²) in [7, 11) is 0. The Bertz CT molecular complexity index is 566. The van der Waals surface area contributed by atoms with E-state index in [1.54, 1.807) is 0 Å². The van der Waals surface area contributed by atoms with E-state index >= 15 is 0 Å². The minimum atomic E-state index is -0.801. The molecule has 0 aliphatic carbocycles. The van der Waals surface area contributed by atoms with Crippen LogP contribution in [0.15, 0.2) is 34.7 Å². The molecule has 1 unspecified atom stereocenters. The Morgan fingerprint density at radius 1 is 1.19 bits per heavy atom. The molecule has 2 rings (SSSR count). The van der Waals surface area contributed by atoms with Crippen LogP contribution >= 0.6 is 0 Å². The second-order valence-corrected chi connectivity index (χ2v) is 5.34. The predicted octanol–water partition coefficient (Wildman–Crippen LogP) is 2.90. The average molecular weight is 288 g/mol. The molecule has 112 valence electrons. The van der Waals surface area contributed by atoms with E-state index in [9.17, 15) is 4.79 Å². The van der Waals surface area contributed by atoms with Gasteiger partial charge in [-0.1, -0.05) is 37.3 Å². The van der Waals surface area contributed by atoms with Gasteiger partial charge in [0.2, 0.25) is 11.8 Å². The second kappa shape index (κ2) is 7.57. The zero-order valence-corrected chi connectivity index (χ0v) is 12.2. The van der Waals surface area contributed by atoms with Crippen LogP contribution in [-0.4, -0.2) is 21.3 Å². The van der Waals surface area contributed by atoms with Crippen LogP contribution in [0.2, 0.25) is 0 Å². The average Bonchev–Trinajstić information content (AvgIpc) is 2.86. The molecule has 1 aromatic carbocycles. The summed E-state index contributed by atoms with van der Waals surface area (Å²) >= 11 is 0. The highest BCUT2D eigenvalue weighted by Crippen LogP contribution is 2.12. The van der Waals surface area contributed by atoms with Crippen molar-refractivity contribution in [2.75, 3.05) is 0 Å². The molecule has 1 N–H and O–H groups in total. The Morgan fingerprint density at radius 3 is 2.62 bits per heavy atom. The molecule has 1 aromatic heterocycles. The summed E-state index contributed by atoms with van der Waals surface area (Å²) in [6.07, 6.45) is 3.31. The van der Waals surface area contributed by atoms with E-state index in [1.165, 1.54) is 5.56 Å². The van der Waals surface area contributed by atoms with Crippen molar-refractivity contribution in [2.45, 2.75) is 39.0 Å². The molecule has 0 spiro atoms. The lowest BCUT2D eigenvalue weighted by Crippen LogP contribution is -2.07. The molecule has 0 fully saturated rings. The summed E-state index contributed by atoms with van der Waals surface area (Å²) in [4.78, 5) is 10.6. The second-order valence-electron chi connectivity index (χ2n) is 5.34. The molecule has 0 aliphatic rings. The number of carboxylic acids is 1. The van der Waals surface area contributed by atoms with Gasteiger partial charge in [-0.15, -0.1) is 10.2 Å². The third-order valence-corrected chi connectivity index (χ3v) is 3.25. The maximum absolute atomic E-state index is 10.6. The smallest absolute Gasteiger partial charge is 0.303 e. The van der Waals surface area contributed by atoms with Crippen LogP contribution in [-0.2, 0) is 24.1 Å². The Morgan fingerprint density at radius 2 is 1.90 bits per heavy atom. The van der Waals surface area contributed by atoms with Gasteiger partial charge in [-0.05, 0) is 24.3 Å². The zero-order valence-electron chi connectivity index (χ0n) is 12.2. The first-order valence-corrected chi connectivity index (χ1v) is 7.20. The number of nitrogens with zero attached hydrogens (tertiary/aromatic N) is 2. The highest BCUT2D eigenvalue weighted by Gasteiger charge is 2.13. The van der Waals surface area contributed by atoms with Crippen LogP contribution in [0, 0.1) is 5.92 Å². The molecule has 5 heteroatoms. The van der Waals surface area contributed by atoms with Gasteiger partial charge in [0.25, 0.3) is 0 Å². The van der Waals surface area contributed by atoms with Crippen molar-refractivity contribution in [2.24, 2.45) is 5.92 Å². The molecule has 2 aromatic rings. The minimum Gasteiger partial charge on any atom is -0.481 e. The summed E-state index contributed by atoms with van der Waals surface area (Å²) in [5, 5.41) is 16.7. The van der Waals surface area contributed by atoms with Gasteiger partial charge in [-0.2, -0.15) is 0 Å². The molecule has 21 heavy (non-hydrogen) atoms. The van der Waals surface area contributed by atoms with Crippen molar-refractivity contribution in [3.63, 3.8) is 0 Å². The van der Waals surface area contributed by atoms with Crippen molar-refractivity contribution >= 4 is 5.97 Å². The van der Waals surface area contributed by atoms with E-state index in [4.69, 9.17) is 9.52 Å². The SMILES string of the molecule is CC(CC(=O)O)Cc1nnc(CCCc2ccccc2)o1. The van der Waals surface area contributed by atoms with E-state index in [2.05, 4.69) is 22.3 Å². The lowest BCUT2D eigenvalue weighted by molar-refractivity contribution is -0.137. The van der Waals surface area contributed by atoms with Crippen LogP contribution in [0.5, 0.6) is 0 Å². The number of hydrogen-bond donors (Lipinski definition) is 1. The third kappa shape index (κ3) is 5.38. The number of carbonyl (C=O) groups is 1. The number of aromatic nitrogens is 2. The van der Waals surface area contributed by atoms with Crippen molar-refractivity contribution in [3.8, 4) is 0 Å². The minimum absolute atomic E-state index is 0.000110. The molecule has 0 amide bonds. The van der Waals surface area contributed by atoms with E-state index in [-0.39, 0.29) is 12.3 Å². The topological polar surface area (TPSA) is 76.2 Å². The normalized spacial score (nSPS) is 12.2. The lowest BCUT2D eigenvalue weighted by atomic mass is 10.0. The van der Waals surface area contributed by atoms with E-state index in [1.807, 2.05) is 25.1 Å². The van der Waals surface area contributed by atoms with Gasteiger partial charge in [-0.3, -0.25) is 4.79 Å². The van der Waals surface area contributed by atoms with Crippen molar-refractivity contribution in [1.29, 1.82) is 0 Å². The first-order valence-electron chi connectivity index (χ1n) is 7.20. The number of benzene rings is 1. The molecule has 1 heterocycles.